The van der Waals surface area contributed by atoms with Crippen LogP contribution in [0.5, 0.6) is 0 Å². The highest BCUT2D eigenvalue weighted by molar-refractivity contribution is 9.10. The standard InChI is InChI=1S/C20H19BrN4O2/c21-16-8-6-15(7-9-16)17-12-18(19(22)27)24-20(23-17)25(13-26)11-10-14-4-2-1-3-5-14/h1-9,12,26H,10-11,13H2,(H2,22,27). The summed E-state index contributed by atoms with van der Waals surface area (Å²) >= 11 is 3.40. The van der Waals surface area contributed by atoms with E-state index >= 15 is 0 Å². The van der Waals surface area contributed by atoms with Crippen molar-refractivity contribution in [2.75, 3.05) is 18.2 Å². The van der Waals surface area contributed by atoms with Crippen molar-refractivity contribution in [2.45, 2.75) is 6.42 Å². The molecule has 1 amide bonds. The fraction of sp³-hybridized carbons (Fsp3) is 0.150. The maximum atomic E-state index is 11.7. The minimum atomic E-state index is -0.641. The van der Waals surface area contributed by atoms with E-state index in [-0.39, 0.29) is 18.4 Å². The molecule has 0 atom stereocenters. The molecule has 0 aliphatic rings. The number of anilines is 1. The summed E-state index contributed by atoms with van der Waals surface area (Å²) < 4.78 is 0.940. The minimum Gasteiger partial charge on any atom is -0.376 e. The van der Waals surface area contributed by atoms with E-state index in [9.17, 15) is 9.90 Å². The normalized spacial score (nSPS) is 10.6. The Morgan fingerprint density at radius 2 is 1.78 bits per heavy atom. The van der Waals surface area contributed by atoms with E-state index < -0.39 is 5.91 Å². The Labute approximate surface area is 165 Å². The molecular formula is C20H19BrN4O2. The van der Waals surface area contributed by atoms with Gasteiger partial charge in [0.05, 0.1) is 5.69 Å². The Balaban J connectivity index is 1.92. The molecule has 0 bridgehead atoms. The summed E-state index contributed by atoms with van der Waals surface area (Å²) in [6.07, 6.45) is 0.708. The van der Waals surface area contributed by atoms with Gasteiger partial charge in [-0.15, -0.1) is 0 Å². The second-order valence-electron chi connectivity index (χ2n) is 5.95. The lowest BCUT2D eigenvalue weighted by Crippen LogP contribution is -2.29. The van der Waals surface area contributed by atoms with Gasteiger partial charge in [0.25, 0.3) is 5.91 Å². The van der Waals surface area contributed by atoms with Crippen LogP contribution in [0.4, 0.5) is 5.95 Å². The molecule has 1 heterocycles. The highest BCUT2D eigenvalue weighted by Crippen LogP contribution is 2.23. The molecule has 0 aliphatic heterocycles. The first-order chi connectivity index (χ1) is 13.1. The largest absolute Gasteiger partial charge is 0.376 e. The summed E-state index contributed by atoms with van der Waals surface area (Å²) in [5.74, 6) is -0.374. The fourth-order valence-electron chi connectivity index (χ4n) is 2.61. The average Bonchev–Trinajstić information content (AvgIpc) is 2.69. The number of halogens is 1. The number of hydrogen-bond acceptors (Lipinski definition) is 5. The van der Waals surface area contributed by atoms with Crippen LogP contribution < -0.4 is 10.6 Å². The maximum absolute atomic E-state index is 11.7. The monoisotopic (exact) mass is 426 g/mol. The molecule has 27 heavy (non-hydrogen) atoms. The van der Waals surface area contributed by atoms with Gasteiger partial charge in [-0.05, 0) is 30.2 Å². The third-order valence-electron chi connectivity index (χ3n) is 4.07. The Kier molecular flexibility index (Phi) is 6.16. The summed E-state index contributed by atoms with van der Waals surface area (Å²) in [7, 11) is 0. The summed E-state index contributed by atoms with van der Waals surface area (Å²) in [6, 6.07) is 19.0. The van der Waals surface area contributed by atoms with E-state index in [0.29, 0.717) is 18.7 Å². The fourth-order valence-corrected chi connectivity index (χ4v) is 2.88. The zero-order chi connectivity index (χ0) is 19.2. The lowest BCUT2D eigenvalue weighted by molar-refractivity contribution is 0.0995. The van der Waals surface area contributed by atoms with Crippen LogP contribution in [0.2, 0.25) is 0 Å². The lowest BCUT2D eigenvalue weighted by Gasteiger charge is -2.21. The number of carbonyl (C=O) groups is 1. The second kappa shape index (κ2) is 8.75. The maximum Gasteiger partial charge on any atom is 0.267 e. The van der Waals surface area contributed by atoms with Gasteiger partial charge in [-0.1, -0.05) is 58.4 Å². The average molecular weight is 427 g/mol. The Morgan fingerprint density at radius 1 is 1.07 bits per heavy atom. The summed E-state index contributed by atoms with van der Waals surface area (Å²) in [4.78, 5) is 22.1. The molecule has 0 spiro atoms. The molecule has 0 saturated heterocycles. The molecular weight excluding hydrogens is 408 g/mol. The van der Waals surface area contributed by atoms with Crippen LogP contribution in [-0.2, 0) is 6.42 Å². The van der Waals surface area contributed by atoms with Crippen molar-refractivity contribution in [3.8, 4) is 11.3 Å². The molecule has 1 aromatic heterocycles. The molecule has 0 unspecified atom stereocenters. The number of aliphatic hydroxyl groups excluding tert-OH is 1. The van der Waals surface area contributed by atoms with Gasteiger partial charge in [-0.25, -0.2) is 9.97 Å². The van der Waals surface area contributed by atoms with Crippen LogP contribution in [0.1, 0.15) is 16.1 Å². The second-order valence-corrected chi connectivity index (χ2v) is 6.87. The zero-order valence-electron chi connectivity index (χ0n) is 14.5. The zero-order valence-corrected chi connectivity index (χ0v) is 16.1. The number of carbonyl (C=O) groups excluding carboxylic acids is 1. The summed E-state index contributed by atoms with van der Waals surface area (Å²) in [6.45, 7) is 0.233. The predicted octanol–water partition coefficient (Wildman–Crippen LogP) is 3.00. The molecule has 0 saturated carbocycles. The van der Waals surface area contributed by atoms with Gasteiger partial charge in [0.2, 0.25) is 5.95 Å². The molecule has 0 radical (unpaired) electrons. The van der Waals surface area contributed by atoms with E-state index in [1.54, 1.807) is 11.0 Å². The van der Waals surface area contributed by atoms with Crippen molar-refractivity contribution in [1.29, 1.82) is 0 Å². The molecule has 3 aromatic rings. The van der Waals surface area contributed by atoms with Gasteiger partial charge in [0, 0.05) is 16.6 Å². The predicted molar refractivity (Wildman–Crippen MR) is 108 cm³/mol. The highest BCUT2D eigenvalue weighted by Gasteiger charge is 2.15. The number of nitrogens with zero attached hydrogens (tertiary/aromatic N) is 3. The first-order valence-electron chi connectivity index (χ1n) is 8.41. The van der Waals surface area contributed by atoms with Gasteiger partial charge in [-0.2, -0.15) is 0 Å². The smallest absolute Gasteiger partial charge is 0.267 e. The molecule has 6 nitrogen and oxygen atoms in total. The van der Waals surface area contributed by atoms with Gasteiger partial charge in [0.1, 0.15) is 12.4 Å². The first-order valence-corrected chi connectivity index (χ1v) is 9.20. The van der Waals surface area contributed by atoms with Crippen LogP contribution in [-0.4, -0.2) is 34.3 Å². The van der Waals surface area contributed by atoms with Gasteiger partial charge in [-0.3, -0.25) is 4.79 Å². The van der Waals surface area contributed by atoms with E-state index in [4.69, 9.17) is 5.73 Å². The molecule has 0 fully saturated rings. The van der Waals surface area contributed by atoms with Crippen molar-refractivity contribution in [3.05, 3.63) is 76.4 Å². The van der Waals surface area contributed by atoms with Crippen molar-refractivity contribution in [2.24, 2.45) is 5.73 Å². The summed E-state index contributed by atoms with van der Waals surface area (Å²) in [5, 5.41) is 9.81. The molecule has 3 rings (SSSR count). The highest BCUT2D eigenvalue weighted by atomic mass is 79.9. The van der Waals surface area contributed by atoms with E-state index in [2.05, 4.69) is 25.9 Å². The minimum absolute atomic E-state index is 0.107. The van der Waals surface area contributed by atoms with Crippen LogP contribution in [0.15, 0.2) is 65.1 Å². The number of hydrogen-bond donors (Lipinski definition) is 2. The van der Waals surface area contributed by atoms with Crippen LogP contribution in [0, 0.1) is 0 Å². The Bertz CT molecular complexity index is 917. The van der Waals surface area contributed by atoms with E-state index in [0.717, 1.165) is 15.6 Å². The topological polar surface area (TPSA) is 92.3 Å². The number of aromatic nitrogens is 2. The van der Waals surface area contributed by atoms with Gasteiger partial charge >= 0.3 is 0 Å². The van der Waals surface area contributed by atoms with Crippen molar-refractivity contribution in [1.82, 2.24) is 9.97 Å². The van der Waals surface area contributed by atoms with E-state index in [1.165, 1.54) is 0 Å². The van der Waals surface area contributed by atoms with E-state index in [1.807, 2.05) is 54.6 Å². The Morgan fingerprint density at radius 3 is 2.41 bits per heavy atom. The van der Waals surface area contributed by atoms with Gasteiger partial charge in [0.15, 0.2) is 0 Å². The number of aliphatic hydroxyl groups is 1. The van der Waals surface area contributed by atoms with Crippen molar-refractivity contribution < 1.29 is 9.90 Å². The van der Waals surface area contributed by atoms with Crippen LogP contribution in [0.3, 0.4) is 0 Å². The van der Waals surface area contributed by atoms with Gasteiger partial charge < -0.3 is 15.7 Å². The molecule has 138 valence electrons. The van der Waals surface area contributed by atoms with Crippen LogP contribution >= 0.6 is 15.9 Å². The van der Waals surface area contributed by atoms with Crippen molar-refractivity contribution in [3.63, 3.8) is 0 Å². The van der Waals surface area contributed by atoms with Crippen LogP contribution in [0.25, 0.3) is 11.3 Å². The quantitative estimate of drug-likeness (QED) is 0.566. The first kappa shape index (κ1) is 19.0. The third-order valence-corrected chi connectivity index (χ3v) is 4.60. The number of amides is 1. The third kappa shape index (κ3) is 4.90. The summed E-state index contributed by atoms with van der Waals surface area (Å²) in [5.41, 5.74) is 8.08. The van der Waals surface area contributed by atoms with Crippen molar-refractivity contribution >= 4 is 27.8 Å². The molecule has 2 aromatic carbocycles. The number of nitrogens with two attached hydrogens (primary N) is 1. The lowest BCUT2D eigenvalue weighted by atomic mass is 10.1. The molecule has 7 heteroatoms. The Hall–Kier alpha value is -2.77. The number of rotatable bonds is 7. The number of primary amides is 1. The molecule has 3 N–H and O–H groups in total. The molecule has 0 aliphatic carbocycles. The number of benzene rings is 2. The SMILES string of the molecule is NC(=O)c1cc(-c2ccc(Br)cc2)nc(N(CO)CCc2ccccc2)n1.